The number of nitrogens with one attached hydrogen (secondary N) is 1. The maximum atomic E-state index is 12.4. The summed E-state index contributed by atoms with van der Waals surface area (Å²) in [5.74, 6) is 1.03. The Kier molecular flexibility index (Phi) is 3.22. The molecular formula is C18H17NO3. The van der Waals surface area contributed by atoms with Crippen LogP contribution in [0.15, 0.2) is 36.4 Å². The number of para-hydroxylation sites is 1. The topological polar surface area (TPSA) is 47.6 Å². The van der Waals surface area contributed by atoms with Gasteiger partial charge in [0.05, 0.1) is 5.56 Å². The molecule has 1 N–H and O–H groups in total. The highest BCUT2D eigenvalue weighted by atomic mass is 16.7. The van der Waals surface area contributed by atoms with Gasteiger partial charge in [-0.3, -0.25) is 4.79 Å². The summed E-state index contributed by atoms with van der Waals surface area (Å²) < 4.78 is 10.7. The van der Waals surface area contributed by atoms with Crippen LogP contribution in [0.3, 0.4) is 0 Å². The van der Waals surface area contributed by atoms with Gasteiger partial charge in [-0.05, 0) is 48.1 Å². The van der Waals surface area contributed by atoms with E-state index in [0.29, 0.717) is 23.6 Å². The number of fused-ring (bicyclic) bond motifs is 2. The third kappa shape index (κ3) is 2.30. The zero-order valence-electron chi connectivity index (χ0n) is 12.2. The van der Waals surface area contributed by atoms with E-state index < -0.39 is 0 Å². The van der Waals surface area contributed by atoms with Crippen LogP contribution in [-0.4, -0.2) is 12.7 Å². The Bertz CT molecular complexity index is 739. The normalized spacial score (nSPS) is 14.7. The van der Waals surface area contributed by atoms with E-state index in [1.54, 1.807) is 18.2 Å². The molecule has 0 spiro atoms. The first-order chi connectivity index (χ1) is 10.8. The number of aryl methyl sites for hydroxylation is 2. The summed E-state index contributed by atoms with van der Waals surface area (Å²) >= 11 is 0. The Hall–Kier alpha value is -2.49. The van der Waals surface area contributed by atoms with E-state index in [1.807, 2.05) is 0 Å². The fraction of sp³-hybridized carbons (Fsp3) is 0.278. The second-order valence-corrected chi connectivity index (χ2v) is 5.68. The predicted octanol–water partition coefficient (Wildman–Crippen LogP) is 2.83. The van der Waals surface area contributed by atoms with Gasteiger partial charge < -0.3 is 14.8 Å². The van der Waals surface area contributed by atoms with Crippen LogP contribution in [0.5, 0.6) is 11.5 Å². The van der Waals surface area contributed by atoms with Gasteiger partial charge in [-0.2, -0.15) is 0 Å². The summed E-state index contributed by atoms with van der Waals surface area (Å²) in [5.41, 5.74) is 4.53. The Balaban J connectivity index is 1.48. The smallest absolute Gasteiger partial charge is 0.255 e. The van der Waals surface area contributed by atoms with Gasteiger partial charge >= 0.3 is 0 Å². The van der Waals surface area contributed by atoms with Crippen molar-refractivity contribution in [3.8, 4) is 11.5 Å². The van der Waals surface area contributed by atoms with Crippen LogP contribution in [0.2, 0.25) is 0 Å². The maximum absolute atomic E-state index is 12.4. The van der Waals surface area contributed by atoms with E-state index >= 15 is 0 Å². The molecule has 2 aliphatic rings. The Morgan fingerprint density at radius 3 is 2.95 bits per heavy atom. The first-order valence-electron chi connectivity index (χ1n) is 7.59. The largest absolute Gasteiger partial charge is 0.454 e. The molecule has 0 fully saturated rings. The van der Waals surface area contributed by atoms with Crippen molar-refractivity contribution in [3.63, 3.8) is 0 Å². The molecule has 0 radical (unpaired) electrons. The highest BCUT2D eigenvalue weighted by Crippen LogP contribution is 2.35. The van der Waals surface area contributed by atoms with Gasteiger partial charge in [0.2, 0.25) is 6.79 Å². The molecule has 1 amide bonds. The molecule has 4 nitrogen and oxygen atoms in total. The lowest BCUT2D eigenvalue weighted by Crippen LogP contribution is -2.23. The lowest BCUT2D eigenvalue weighted by Gasteiger charge is -2.09. The average molecular weight is 295 g/mol. The molecule has 2 aromatic rings. The van der Waals surface area contributed by atoms with Crippen molar-refractivity contribution in [1.29, 1.82) is 0 Å². The van der Waals surface area contributed by atoms with E-state index in [4.69, 9.17) is 9.47 Å². The second kappa shape index (κ2) is 5.37. The van der Waals surface area contributed by atoms with Gasteiger partial charge in [0, 0.05) is 6.54 Å². The molecule has 1 aliphatic heterocycles. The molecular weight excluding hydrogens is 278 g/mol. The van der Waals surface area contributed by atoms with E-state index in [9.17, 15) is 4.79 Å². The maximum Gasteiger partial charge on any atom is 0.255 e. The van der Waals surface area contributed by atoms with Crippen molar-refractivity contribution in [2.75, 3.05) is 6.79 Å². The van der Waals surface area contributed by atoms with Gasteiger partial charge in [0.15, 0.2) is 11.5 Å². The molecule has 1 aliphatic carbocycles. The van der Waals surface area contributed by atoms with Crippen molar-refractivity contribution < 1.29 is 14.3 Å². The van der Waals surface area contributed by atoms with Crippen LogP contribution in [0, 0.1) is 0 Å². The fourth-order valence-electron chi connectivity index (χ4n) is 3.12. The lowest BCUT2D eigenvalue weighted by atomic mass is 10.1. The van der Waals surface area contributed by atoms with Gasteiger partial charge in [0.1, 0.15) is 0 Å². The predicted molar refractivity (Wildman–Crippen MR) is 82.2 cm³/mol. The number of hydrogen-bond donors (Lipinski definition) is 1. The molecule has 4 rings (SSSR count). The number of ether oxygens (including phenoxy) is 2. The minimum atomic E-state index is -0.136. The zero-order valence-corrected chi connectivity index (χ0v) is 12.2. The van der Waals surface area contributed by atoms with Gasteiger partial charge in [-0.1, -0.05) is 24.3 Å². The molecule has 0 unspecified atom stereocenters. The minimum Gasteiger partial charge on any atom is -0.454 e. The fourth-order valence-corrected chi connectivity index (χ4v) is 3.12. The molecule has 0 bridgehead atoms. The van der Waals surface area contributed by atoms with Crippen LogP contribution < -0.4 is 14.8 Å². The molecule has 112 valence electrons. The molecule has 0 atom stereocenters. The molecule has 2 aromatic carbocycles. The van der Waals surface area contributed by atoms with Crippen LogP contribution in [0.4, 0.5) is 0 Å². The number of amides is 1. The Morgan fingerprint density at radius 1 is 1.09 bits per heavy atom. The van der Waals surface area contributed by atoms with Crippen LogP contribution in [-0.2, 0) is 19.4 Å². The first kappa shape index (κ1) is 13.2. The summed E-state index contributed by atoms with van der Waals surface area (Å²) in [4.78, 5) is 12.4. The minimum absolute atomic E-state index is 0.136. The highest BCUT2D eigenvalue weighted by Gasteiger charge is 2.21. The van der Waals surface area contributed by atoms with Crippen molar-refractivity contribution in [2.45, 2.75) is 25.8 Å². The molecule has 1 heterocycles. The number of carbonyl (C=O) groups excluding carboxylic acids is 1. The SMILES string of the molecule is O=C(NCc1ccc2c(c1)CCC2)c1cccc2c1OCO2. The Morgan fingerprint density at radius 2 is 2.00 bits per heavy atom. The summed E-state index contributed by atoms with van der Waals surface area (Å²) in [6.45, 7) is 0.696. The second-order valence-electron chi connectivity index (χ2n) is 5.68. The average Bonchev–Trinajstić information content (AvgIpc) is 3.20. The van der Waals surface area contributed by atoms with E-state index in [0.717, 1.165) is 12.0 Å². The number of carbonyl (C=O) groups is 1. The monoisotopic (exact) mass is 295 g/mol. The van der Waals surface area contributed by atoms with Crippen molar-refractivity contribution in [3.05, 3.63) is 58.7 Å². The zero-order chi connectivity index (χ0) is 14.9. The van der Waals surface area contributed by atoms with Crippen molar-refractivity contribution >= 4 is 5.91 Å². The van der Waals surface area contributed by atoms with E-state index in [-0.39, 0.29) is 12.7 Å². The Labute approximate surface area is 129 Å². The number of hydrogen-bond acceptors (Lipinski definition) is 3. The number of benzene rings is 2. The summed E-state index contributed by atoms with van der Waals surface area (Å²) in [6, 6.07) is 11.8. The van der Waals surface area contributed by atoms with Crippen LogP contribution in [0.25, 0.3) is 0 Å². The quantitative estimate of drug-likeness (QED) is 0.947. The number of rotatable bonds is 3. The lowest BCUT2D eigenvalue weighted by molar-refractivity contribution is 0.0946. The van der Waals surface area contributed by atoms with Gasteiger partial charge in [-0.25, -0.2) is 0 Å². The molecule has 22 heavy (non-hydrogen) atoms. The molecule has 0 aromatic heterocycles. The van der Waals surface area contributed by atoms with Crippen LogP contribution >= 0.6 is 0 Å². The van der Waals surface area contributed by atoms with Crippen molar-refractivity contribution in [1.82, 2.24) is 5.32 Å². The van der Waals surface area contributed by atoms with Gasteiger partial charge in [-0.15, -0.1) is 0 Å². The van der Waals surface area contributed by atoms with Gasteiger partial charge in [0.25, 0.3) is 5.91 Å². The van der Waals surface area contributed by atoms with E-state index in [1.165, 1.54) is 24.0 Å². The van der Waals surface area contributed by atoms with E-state index in [2.05, 4.69) is 23.5 Å². The summed E-state index contributed by atoms with van der Waals surface area (Å²) in [5, 5.41) is 2.96. The molecule has 0 saturated carbocycles. The molecule has 0 saturated heterocycles. The first-order valence-corrected chi connectivity index (χ1v) is 7.59. The molecule has 4 heteroatoms. The van der Waals surface area contributed by atoms with Crippen LogP contribution in [0.1, 0.15) is 33.5 Å². The highest BCUT2D eigenvalue weighted by molar-refractivity contribution is 5.97. The van der Waals surface area contributed by atoms with Crippen molar-refractivity contribution in [2.24, 2.45) is 0 Å². The third-order valence-electron chi connectivity index (χ3n) is 4.26. The summed E-state index contributed by atoms with van der Waals surface area (Å²) in [6.07, 6.45) is 3.56. The standard InChI is InChI=1S/C18H17NO3/c20-18(15-5-2-6-16-17(15)22-11-21-16)19-10-12-7-8-13-3-1-4-14(13)9-12/h2,5-9H,1,3-4,10-11H2,(H,19,20). The summed E-state index contributed by atoms with van der Waals surface area (Å²) in [7, 11) is 0. The third-order valence-corrected chi connectivity index (χ3v) is 4.26.